The number of nitrogens with one attached hydrogen (secondary N) is 1. The van der Waals surface area contributed by atoms with Gasteiger partial charge in [-0.05, 0) is 13.0 Å². The molecule has 0 saturated heterocycles. The van der Waals surface area contributed by atoms with Crippen LogP contribution in [0.3, 0.4) is 0 Å². The van der Waals surface area contributed by atoms with Crippen LogP contribution in [0.5, 0.6) is 5.75 Å². The lowest BCUT2D eigenvalue weighted by Crippen LogP contribution is -2.04. The number of pyridine rings is 1. The quantitative estimate of drug-likeness (QED) is 0.716. The molecule has 3 aromatic rings. The summed E-state index contributed by atoms with van der Waals surface area (Å²) in [6.07, 6.45) is 0. The largest absolute Gasteiger partial charge is 0.503 e. The van der Waals surface area contributed by atoms with E-state index in [2.05, 4.69) is 10.1 Å². The molecule has 1 aromatic carbocycles. The molecule has 5 nitrogen and oxygen atoms in total. The van der Waals surface area contributed by atoms with Crippen molar-refractivity contribution >= 4 is 22.7 Å². The number of hydrogen-bond acceptors (Lipinski definition) is 4. The van der Waals surface area contributed by atoms with Gasteiger partial charge in [-0.1, -0.05) is 35.0 Å². The Labute approximate surface area is 112 Å². The van der Waals surface area contributed by atoms with Gasteiger partial charge in [0.2, 0.25) is 11.1 Å². The van der Waals surface area contributed by atoms with Crippen LogP contribution in [-0.2, 0) is 0 Å². The lowest BCUT2D eigenvalue weighted by molar-refractivity contribution is 0.440. The second-order valence-electron chi connectivity index (χ2n) is 4.13. The van der Waals surface area contributed by atoms with Gasteiger partial charge in [0.25, 0.3) is 0 Å². The Bertz CT molecular complexity index is 836. The number of H-pyrrole nitrogens is 1. The van der Waals surface area contributed by atoms with Crippen LogP contribution in [-0.4, -0.2) is 15.2 Å². The fraction of sp³-hybridized carbons (Fsp3) is 0.0769. The average Bonchev–Trinajstić information content (AvgIpc) is 2.76. The molecule has 0 atom stereocenters. The summed E-state index contributed by atoms with van der Waals surface area (Å²) in [6, 6.07) is 6.89. The van der Waals surface area contributed by atoms with Crippen molar-refractivity contribution in [2.24, 2.45) is 0 Å². The zero-order valence-corrected chi connectivity index (χ0v) is 10.7. The Balaban J connectivity index is 2.41. The Morgan fingerprint density at radius 2 is 2.11 bits per heavy atom. The third-order valence-electron chi connectivity index (χ3n) is 2.92. The fourth-order valence-electron chi connectivity index (χ4n) is 1.99. The summed E-state index contributed by atoms with van der Waals surface area (Å²) in [4.78, 5) is 15.0. The van der Waals surface area contributed by atoms with Crippen molar-refractivity contribution in [2.45, 2.75) is 6.92 Å². The van der Waals surface area contributed by atoms with E-state index in [0.717, 1.165) is 0 Å². The van der Waals surface area contributed by atoms with Crippen LogP contribution in [0.4, 0.5) is 0 Å². The highest BCUT2D eigenvalue weighted by Gasteiger charge is 2.18. The number of hydrogen-bond donors (Lipinski definition) is 2. The van der Waals surface area contributed by atoms with Crippen LogP contribution >= 0.6 is 11.6 Å². The summed E-state index contributed by atoms with van der Waals surface area (Å²) in [5.74, 6) is -0.396. The van der Waals surface area contributed by atoms with E-state index < -0.39 is 11.2 Å². The van der Waals surface area contributed by atoms with Gasteiger partial charge in [-0.3, -0.25) is 4.79 Å². The highest BCUT2D eigenvalue weighted by molar-refractivity contribution is 6.33. The monoisotopic (exact) mass is 276 g/mol. The Morgan fingerprint density at radius 1 is 1.37 bits per heavy atom. The number of aromatic hydroxyl groups is 1. The van der Waals surface area contributed by atoms with Crippen LogP contribution in [0.15, 0.2) is 33.6 Å². The van der Waals surface area contributed by atoms with E-state index in [9.17, 15) is 9.90 Å². The first-order valence-corrected chi connectivity index (χ1v) is 5.93. The van der Waals surface area contributed by atoms with Gasteiger partial charge in [-0.15, -0.1) is 0 Å². The van der Waals surface area contributed by atoms with Gasteiger partial charge < -0.3 is 14.6 Å². The molecule has 0 saturated carbocycles. The van der Waals surface area contributed by atoms with Crippen LogP contribution in [0.2, 0.25) is 5.02 Å². The van der Waals surface area contributed by atoms with Crippen LogP contribution in [0, 0.1) is 6.92 Å². The number of nitrogens with zero attached hydrogens (tertiary/aromatic N) is 1. The van der Waals surface area contributed by atoms with E-state index in [-0.39, 0.29) is 16.8 Å². The Kier molecular flexibility index (Phi) is 2.57. The van der Waals surface area contributed by atoms with Crippen molar-refractivity contribution in [3.05, 3.63) is 45.2 Å². The average molecular weight is 277 g/mol. The zero-order chi connectivity index (χ0) is 13.6. The van der Waals surface area contributed by atoms with Crippen molar-refractivity contribution in [1.29, 1.82) is 0 Å². The third-order valence-corrected chi connectivity index (χ3v) is 3.25. The molecule has 96 valence electrons. The maximum absolute atomic E-state index is 12.1. The van der Waals surface area contributed by atoms with Crippen molar-refractivity contribution in [1.82, 2.24) is 10.1 Å². The number of rotatable bonds is 1. The molecule has 2 N–H and O–H groups in total. The third kappa shape index (κ3) is 1.70. The fourth-order valence-corrected chi connectivity index (χ4v) is 2.22. The summed E-state index contributed by atoms with van der Waals surface area (Å²) < 4.78 is 5.03. The molecule has 0 aliphatic rings. The first-order valence-electron chi connectivity index (χ1n) is 5.55. The van der Waals surface area contributed by atoms with Crippen molar-refractivity contribution in [3.63, 3.8) is 0 Å². The summed E-state index contributed by atoms with van der Waals surface area (Å²) in [5.41, 5.74) is 0.865. The summed E-state index contributed by atoms with van der Waals surface area (Å²) in [5, 5.41) is 14.4. The number of halogens is 1. The molecular weight excluding hydrogens is 268 g/mol. The minimum absolute atomic E-state index is 0.218. The smallest absolute Gasteiger partial charge is 0.240 e. The molecule has 0 radical (unpaired) electrons. The zero-order valence-electron chi connectivity index (χ0n) is 9.90. The number of aromatic amines is 1. The molecule has 3 rings (SSSR count). The maximum atomic E-state index is 12.1. The van der Waals surface area contributed by atoms with Gasteiger partial charge in [0.1, 0.15) is 5.39 Å². The summed E-state index contributed by atoms with van der Waals surface area (Å²) in [7, 11) is 0. The highest BCUT2D eigenvalue weighted by Crippen LogP contribution is 2.32. The second-order valence-corrected chi connectivity index (χ2v) is 4.54. The summed E-state index contributed by atoms with van der Waals surface area (Å²) in [6.45, 7) is 1.63. The minimum Gasteiger partial charge on any atom is -0.503 e. The number of aryl methyl sites for hydroxylation is 1. The molecule has 19 heavy (non-hydrogen) atoms. The molecule has 2 aromatic heterocycles. The van der Waals surface area contributed by atoms with Gasteiger partial charge in [0, 0.05) is 5.56 Å². The molecular formula is C13H9ClN2O3. The SMILES string of the molecule is Cc1noc2[nH]c(-c3ccccc3Cl)c(O)c(=O)c12. The van der Waals surface area contributed by atoms with E-state index >= 15 is 0 Å². The molecule has 0 unspecified atom stereocenters. The molecule has 0 bridgehead atoms. The van der Waals surface area contributed by atoms with Crippen LogP contribution in [0.25, 0.3) is 22.4 Å². The number of benzene rings is 1. The van der Waals surface area contributed by atoms with Gasteiger partial charge in [0.15, 0.2) is 5.75 Å². The summed E-state index contributed by atoms with van der Waals surface area (Å²) >= 11 is 6.06. The van der Waals surface area contributed by atoms with E-state index in [0.29, 0.717) is 16.3 Å². The Morgan fingerprint density at radius 3 is 2.84 bits per heavy atom. The predicted molar refractivity (Wildman–Crippen MR) is 71.5 cm³/mol. The van der Waals surface area contributed by atoms with E-state index in [1.165, 1.54) is 0 Å². The molecule has 0 aliphatic carbocycles. The van der Waals surface area contributed by atoms with Gasteiger partial charge >= 0.3 is 0 Å². The highest BCUT2D eigenvalue weighted by atomic mass is 35.5. The lowest BCUT2D eigenvalue weighted by atomic mass is 10.1. The molecule has 0 amide bonds. The van der Waals surface area contributed by atoms with Crippen molar-refractivity contribution in [3.8, 4) is 17.0 Å². The molecule has 6 heteroatoms. The molecule has 2 heterocycles. The van der Waals surface area contributed by atoms with E-state index in [1.807, 2.05) is 0 Å². The number of fused-ring (bicyclic) bond motifs is 1. The van der Waals surface area contributed by atoms with Gasteiger partial charge in [-0.25, -0.2) is 0 Å². The standard InChI is InChI=1S/C13H9ClN2O3/c1-6-9-11(17)12(18)10(15-13(9)19-16-6)7-4-2-3-5-8(7)14/h2-5,18H,1H3,(H,15,17). The molecule has 0 spiro atoms. The van der Waals surface area contributed by atoms with Gasteiger partial charge in [-0.2, -0.15) is 0 Å². The first kappa shape index (κ1) is 11.8. The predicted octanol–water partition coefficient (Wildman–Crippen LogP) is 2.85. The normalized spacial score (nSPS) is 11.1. The Hall–Kier alpha value is -2.27. The molecule has 0 fully saturated rings. The van der Waals surface area contributed by atoms with Gasteiger partial charge in [0.05, 0.1) is 16.4 Å². The molecule has 0 aliphatic heterocycles. The van der Waals surface area contributed by atoms with E-state index in [1.54, 1.807) is 31.2 Å². The van der Waals surface area contributed by atoms with E-state index in [4.69, 9.17) is 16.1 Å². The van der Waals surface area contributed by atoms with Crippen LogP contribution < -0.4 is 5.43 Å². The first-order chi connectivity index (χ1) is 9.09. The van der Waals surface area contributed by atoms with Crippen LogP contribution in [0.1, 0.15) is 5.69 Å². The topological polar surface area (TPSA) is 79.1 Å². The minimum atomic E-state index is -0.526. The maximum Gasteiger partial charge on any atom is 0.240 e. The van der Waals surface area contributed by atoms with Crippen molar-refractivity contribution in [2.75, 3.05) is 0 Å². The number of aromatic nitrogens is 2. The lowest BCUT2D eigenvalue weighted by Gasteiger charge is -2.06. The second kappa shape index (κ2) is 4.13. The van der Waals surface area contributed by atoms with Crippen molar-refractivity contribution < 1.29 is 9.63 Å².